The van der Waals surface area contributed by atoms with Crippen LogP contribution < -0.4 is 27.2 Å². The van der Waals surface area contributed by atoms with Crippen LogP contribution in [0.4, 0.5) is 0 Å². The van der Waals surface area contributed by atoms with E-state index in [9.17, 15) is 4.79 Å². The number of carbonyl (C=O) groups excluding carboxylic acids is 1. The third kappa shape index (κ3) is 5.16. The van der Waals surface area contributed by atoms with Gasteiger partial charge in [-0.15, -0.1) is 5.43 Å². The Bertz CT molecular complexity index is 518. The summed E-state index contributed by atoms with van der Waals surface area (Å²) in [5.41, 5.74) is 2.65. The zero-order chi connectivity index (χ0) is 12.8. The Hall–Kier alpha value is -1.78. The second kappa shape index (κ2) is 7.61. The summed E-state index contributed by atoms with van der Waals surface area (Å²) in [6.07, 6.45) is 3.47. The lowest BCUT2D eigenvalue weighted by Gasteiger charge is -2.04. The van der Waals surface area contributed by atoms with Crippen LogP contribution in [-0.2, 0) is 4.79 Å². The van der Waals surface area contributed by atoms with Gasteiger partial charge in [0.15, 0.2) is 19.0 Å². The van der Waals surface area contributed by atoms with E-state index in [0.717, 1.165) is 0 Å². The van der Waals surface area contributed by atoms with Crippen LogP contribution in [0, 0.1) is 0 Å². The molecule has 1 N–H and O–H groups in total. The molecule has 0 saturated carbocycles. The lowest BCUT2D eigenvalue weighted by atomic mass is 10.3. The van der Waals surface area contributed by atoms with Crippen molar-refractivity contribution in [1.82, 2.24) is 0 Å². The van der Waals surface area contributed by atoms with Crippen molar-refractivity contribution in [3.05, 3.63) is 59.9 Å². The summed E-state index contributed by atoms with van der Waals surface area (Å²) in [5.74, 6) is 0.369. The molecule has 2 rings (SSSR count). The largest absolute Gasteiger partial charge is 1.00 e. The van der Waals surface area contributed by atoms with Crippen molar-refractivity contribution >= 4 is 17.5 Å². The molecule has 0 aliphatic rings. The molecule has 0 saturated heterocycles. The van der Waals surface area contributed by atoms with Crippen LogP contribution in [0.5, 0.6) is 5.75 Å². The molecular weight excluding hydrogens is 287 g/mol. The Labute approximate surface area is 122 Å². The van der Waals surface area contributed by atoms with Crippen LogP contribution in [0.1, 0.15) is 0 Å². The molecule has 1 aromatic carbocycles. The van der Waals surface area contributed by atoms with Crippen LogP contribution >= 0.6 is 11.6 Å². The zero-order valence-corrected chi connectivity index (χ0v) is 11.4. The lowest BCUT2D eigenvalue weighted by Crippen LogP contribution is -3.00. The van der Waals surface area contributed by atoms with Crippen molar-refractivity contribution in [2.24, 2.45) is 0 Å². The molecule has 0 aliphatic carbocycles. The molecule has 0 atom stereocenters. The molecule has 1 amide bonds. The van der Waals surface area contributed by atoms with Crippen LogP contribution in [0.2, 0.25) is 5.02 Å². The first kappa shape index (κ1) is 15.3. The molecule has 100 valence electrons. The van der Waals surface area contributed by atoms with Gasteiger partial charge in [0.25, 0.3) is 0 Å². The van der Waals surface area contributed by atoms with Gasteiger partial charge in [-0.05, 0) is 24.3 Å². The van der Waals surface area contributed by atoms with Crippen LogP contribution in [0.25, 0.3) is 0 Å². The highest BCUT2D eigenvalue weighted by atomic mass is 35.5. The summed E-state index contributed by atoms with van der Waals surface area (Å²) in [6, 6.07) is 12.4. The summed E-state index contributed by atoms with van der Waals surface area (Å²) in [6.45, 7) is -0.0521. The van der Waals surface area contributed by atoms with E-state index in [1.807, 2.05) is 18.2 Å². The number of rotatable bonds is 4. The molecule has 0 fully saturated rings. The summed E-state index contributed by atoms with van der Waals surface area (Å²) >= 11 is 5.74. The maximum absolute atomic E-state index is 11.6. The van der Waals surface area contributed by atoms with Gasteiger partial charge in [-0.25, -0.2) is 0 Å². The van der Waals surface area contributed by atoms with E-state index in [1.54, 1.807) is 41.3 Å². The molecule has 1 heterocycles. The van der Waals surface area contributed by atoms with Gasteiger partial charge < -0.3 is 17.1 Å². The highest BCUT2D eigenvalue weighted by molar-refractivity contribution is 6.30. The summed E-state index contributed by atoms with van der Waals surface area (Å²) < 4.78 is 6.87. The van der Waals surface area contributed by atoms with E-state index in [0.29, 0.717) is 10.8 Å². The van der Waals surface area contributed by atoms with E-state index in [1.165, 1.54) is 0 Å². The maximum atomic E-state index is 11.6. The minimum atomic E-state index is -0.235. The Morgan fingerprint density at radius 2 is 1.79 bits per heavy atom. The van der Waals surface area contributed by atoms with Crippen molar-refractivity contribution in [2.75, 3.05) is 12.0 Å². The van der Waals surface area contributed by atoms with E-state index >= 15 is 0 Å². The van der Waals surface area contributed by atoms with Crippen molar-refractivity contribution in [3.63, 3.8) is 0 Å². The van der Waals surface area contributed by atoms with E-state index in [2.05, 4.69) is 5.43 Å². The fraction of sp³-hybridized carbons (Fsp3) is 0.0769. The Balaban J connectivity index is 0.00000180. The smallest absolute Gasteiger partial charge is 0.312 e. The van der Waals surface area contributed by atoms with Crippen molar-refractivity contribution in [3.8, 4) is 5.75 Å². The SMILES string of the molecule is O=C(COc1ccc(Cl)cc1)N[n+]1ccccc1.[Cl-]. The third-order valence-electron chi connectivity index (χ3n) is 2.15. The quantitative estimate of drug-likeness (QED) is 0.719. The van der Waals surface area contributed by atoms with Crippen LogP contribution in [-0.4, -0.2) is 12.5 Å². The van der Waals surface area contributed by atoms with Gasteiger partial charge in [-0.3, -0.25) is 4.79 Å². The predicted octanol–water partition coefficient (Wildman–Crippen LogP) is -1.22. The molecule has 0 spiro atoms. The highest BCUT2D eigenvalue weighted by Crippen LogP contribution is 2.15. The number of halogens is 2. The second-order valence-corrected chi connectivity index (χ2v) is 4.00. The van der Waals surface area contributed by atoms with Crippen LogP contribution in [0.15, 0.2) is 54.9 Å². The fourth-order valence-corrected chi connectivity index (χ4v) is 1.46. The number of benzene rings is 1. The Morgan fingerprint density at radius 3 is 2.42 bits per heavy atom. The summed E-state index contributed by atoms with van der Waals surface area (Å²) in [7, 11) is 0. The number of carbonyl (C=O) groups is 1. The average molecular weight is 299 g/mol. The molecule has 0 unspecified atom stereocenters. The molecule has 0 aliphatic heterocycles. The molecule has 1 aromatic heterocycles. The average Bonchev–Trinajstić information content (AvgIpc) is 2.39. The molecule has 4 nitrogen and oxygen atoms in total. The third-order valence-corrected chi connectivity index (χ3v) is 2.40. The molecule has 6 heteroatoms. The first-order valence-electron chi connectivity index (χ1n) is 5.38. The fourth-order valence-electron chi connectivity index (χ4n) is 1.33. The van der Waals surface area contributed by atoms with Crippen LogP contribution in [0.3, 0.4) is 0 Å². The van der Waals surface area contributed by atoms with E-state index in [-0.39, 0.29) is 24.9 Å². The maximum Gasteiger partial charge on any atom is 0.312 e. The lowest BCUT2D eigenvalue weighted by molar-refractivity contribution is -0.642. The van der Waals surface area contributed by atoms with Gasteiger partial charge in [0.2, 0.25) is 0 Å². The molecule has 2 aromatic rings. The summed E-state index contributed by atoms with van der Waals surface area (Å²) in [5, 5.41) is 0.631. The topological polar surface area (TPSA) is 42.2 Å². The molecular formula is C13H12Cl2N2O2. The first-order valence-corrected chi connectivity index (χ1v) is 5.76. The number of nitrogens with one attached hydrogen (secondary N) is 1. The van der Waals surface area contributed by atoms with Gasteiger partial charge in [-0.2, -0.15) is 0 Å². The predicted molar refractivity (Wildman–Crippen MR) is 68.0 cm³/mol. The monoisotopic (exact) mass is 298 g/mol. The number of hydrogen-bond donors (Lipinski definition) is 1. The standard InChI is InChI=1S/C13H11ClN2O2.ClH/c14-11-4-6-12(7-5-11)18-10-13(17)15-16-8-2-1-3-9-16;/h1-9H,10H2;1H. The Kier molecular flexibility index (Phi) is 6.12. The number of nitrogens with zero attached hydrogens (tertiary/aromatic N) is 1. The molecule has 0 bridgehead atoms. The summed E-state index contributed by atoms with van der Waals surface area (Å²) in [4.78, 5) is 11.6. The highest BCUT2D eigenvalue weighted by Gasteiger charge is 2.07. The normalized spacial score (nSPS) is 9.32. The van der Waals surface area contributed by atoms with Crippen molar-refractivity contribution in [1.29, 1.82) is 0 Å². The number of amides is 1. The van der Waals surface area contributed by atoms with Crippen molar-refractivity contribution in [2.45, 2.75) is 0 Å². The van der Waals surface area contributed by atoms with E-state index in [4.69, 9.17) is 16.3 Å². The Morgan fingerprint density at radius 1 is 1.16 bits per heavy atom. The minimum Gasteiger partial charge on any atom is -1.00 e. The van der Waals surface area contributed by atoms with Gasteiger partial charge in [-0.1, -0.05) is 22.3 Å². The second-order valence-electron chi connectivity index (χ2n) is 3.56. The minimum absolute atomic E-state index is 0. The van der Waals surface area contributed by atoms with Gasteiger partial charge in [0, 0.05) is 17.2 Å². The first-order chi connectivity index (χ1) is 8.74. The number of pyridine rings is 1. The molecule has 0 radical (unpaired) electrons. The van der Waals surface area contributed by atoms with Gasteiger partial charge in [0.05, 0.1) is 0 Å². The van der Waals surface area contributed by atoms with Gasteiger partial charge >= 0.3 is 5.91 Å². The zero-order valence-electron chi connectivity index (χ0n) is 9.92. The number of ether oxygens (including phenoxy) is 1. The van der Waals surface area contributed by atoms with Gasteiger partial charge in [0.1, 0.15) is 5.75 Å². The molecule has 19 heavy (non-hydrogen) atoms. The number of aromatic nitrogens is 1. The van der Waals surface area contributed by atoms with Crippen molar-refractivity contribution < 1.29 is 26.6 Å². The number of hydrogen-bond acceptors (Lipinski definition) is 2. The van der Waals surface area contributed by atoms with E-state index < -0.39 is 0 Å².